The number of hydrogen-bond donors (Lipinski definition) is 1. The summed E-state index contributed by atoms with van der Waals surface area (Å²) in [7, 11) is 0. The highest BCUT2D eigenvalue weighted by Crippen LogP contribution is 2.38. The van der Waals surface area contributed by atoms with Gasteiger partial charge in [-0.1, -0.05) is 29.3 Å². The van der Waals surface area contributed by atoms with Crippen LogP contribution in [0.15, 0.2) is 53.4 Å². The molecule has 0 spiro atoms. The number of ether oxygens (including phenoxy) is 2. The lowest BCUT2D eigenvalue weighted by Gasteiger charge is -2.15. The van der Waals surface area contributed by atoms with E-state index in [4.69, 9.17) is 32.7 Å². The van der Waals surface area contributed by atoms with Crippen molar-refractivity contribution in [1.29, 1.82) is 0 Å². The van der Waals surface area contributed by atoms with Gasteiger partial charge in [0.05, 0.1) is 20.8 Å². The lowest BCUT2D eigenvalue weighted by atomic mass is 10.1. The third kappa shape index (κ3) is 7.25. The maximum Gasteiger partial charge on any atom is 0.294 e. The Bertz CT molecular complexity index is 1540. The van der Waals surface area contributed by atoms with Crippen molar-refractivity contribution in [1.82, 2.24) is 4.90 Å². The van der Waals surface area contributed by atoms with E-state index in [1.54, 1.807) is 30.3 Å². The molecule has 1 N–H and O–H groups in total. The van der Waals surface area contributed by atoms with Crippen molar-refractivity contribution in [2.24, 2.45) is 0 Å². The molecule has 0 saturated carbocycles. The molecule has 3 aromatic carbocycles. The number of halogens is 5. The van der Waals surface area contributed by atoms with Crippen LogP contribution in [0.4, 0.5) is 19.3 Å². The predicted octanol–water partition coefficient (Wildman–Crippen LogP) is 7.53. The van der Waals surface area contributed by atoms with E-state index >= 15 is 0 Å². The highest BCUT2D eigenvalue weighted by atomic mass is 127. The number of imide groups is 1. The quantitative estimate of drug-likeness (QED) is 0.182. The summed E-state index contributed by atoms with van der Waals surface area (Å²) >= 11 is 15.0. The van der Waals surface area contributed by atoms with E-state index in [0.717, 1.165) is 22.6 Å². The summed E-state index contributed by atoms with van der Waals surface area (Å²) in [5.41, 5.74) is 1.02. The van der Waals surface area contributed by atoms with Gasteiger partial charge in [-0.15, -0.1) is 0 Å². The van der Waals surface area contributed by atoms with Crippen molar-refractivity contribution in [2.45, 2.75) is 13.5 Å². The molecule has 1 saturated heterocycles. The van der Waals surface area contributed by atoms with Crippen LogP contribution in [0.3, 0.4) is 0 Å². The summed E-state index contributed by atoms with van der Waals surface area (Å²) in [6.45, 7) is 1.68. The second kappa shape index (κ2) is 13.2. The minimum absolute atomic E-state index is 0.0885. The van der Waals surface area contributed by atoms with Crippen LogP contribution < -0.4 is 14.8 Å². The van der Waals surface area contributed by atoms with Crippen molar-refractivity contribution >= 4 is 86.4 Å². The maximum absolute atomic E-state index is 13.9. The van der Waals surface area contributed by atoms with Crippen LogP contribution in [0.5, 0.6) is 11.5 Å². The van der Waals surface area contributed by atoms with Gasteiger partial charge in [0.1, 0.15) is 24.8 Å². The van der Waals surface area contributed by atoms with Crippen LogP contribution >= 0.6 is 57.6 Å². The molecule has 0 radical (unpaired) electrons. The SMILES string of the molecule is CCOc1cc(/C=C2/SC(=O)N(CC(=O)Nc3ccc(F)cc3F)C2=O)cc(I)c1OCc1ccc(Cl)cc1Cl. The van der Waals surface area contributed by atoms with Gasteiger partial charge in [0.15, 0.2) is 11.5 Å². The first-order valence-electron chi connectivity index (χ1n) is 11.6. The number of hydrogen-bond acceptors (Lipinski definition) is 6. The van der Waals surface area contributed by atoms with Crippen LogP contribution in [0.1, 0.15) is 18.1 Å². The van der Waals surface area contributed by atoms with Gasteiger partial charge >= 0.3 is 0 Å². The molecule has 7 nitrogen and oxygen atoms in total. The molecule has 1 heterocycles. The molecular formula is C27H19Cl2F2IN2O5S. The number of carbonyl (C=O) groups excluding carboxylic acids is 3. The standard InChI is InChI=1S/C27H19Cl2F2IN2O5S/c1-2-38-22-8-14(7-20(32)25(22)39-13-15-3-4-16(28)10-18(15)29)9-23-26(36)34(27(37)40-23)12-24(35)33-21-6-5-17(30)11-19(21)31/h3-11H,2,12-13H2,1H3,(H,33,35)/b23-9+. The third-order valence-corrected chi connectivity index (χ3v) is 7.69. The average molecular weight is 719 g/mol. The fraction of sp³-hybridized carbons (Fsp3) is 0.148. The van der Waals surface area contributed by atoms with Crippen LogP contribution in [0.25, 0.3) is 6.08 Å². The Kier molecular flexibility index (Phi) is 9.93. The maximum atomic E-state index is 13.9. The van der Waals surface area contributed by atoms with E-state index in [-0.39, 0.29) is 17.2 Å². The van der Waals surface area contributed by atoms with Crippen LogP contribution in [-0.2, 0) is 16.2 Å². The molecule has 1 aliphatic heterocycles. The van der Waals surface area contributed by atoms with Crippen molar-refractivity contribution in [3.63, 3.8) is 0 Å². The van der Waals surface area contributed by atoms with Gasteiger partial charge in [-0.25, -0.2) is 8.78 Å². The molecule has 40 heavy (non-hydrogen) atoms. The second-order valence-corrected chi connectivity index (χ2v) is 11.2. The normalized spacial score (nSPS) is 14.2. The number of benzene rings is 3. The molecule has 4 rings (SSSR count). The van der Waals surface area contributed by atoms with Crippen molar-refractivity contribution in [2.75, 3.05) is 18.5 Å². The van der Waals surface area contributed by atoms with Crippen LogP contribution in [-0.4, -0.2) is 35.1 Å². The van der Waals surface area contributed by atoms with Gasteiger partial charge in [0.2, 0.25) is 5.91 Å². The summed E-state index contributed by atoms with van der Waals surface area (Å²) in [5, 5.41) is 2.54. The minimum atomic E-state index is -0.981. The highest BCUT2D eigenvalue weighted by Gasteiger charge is 2.36. The van der Waals surface area contributed by atoms with Crippen LogP contribution in [0.2, 0.25) is 10.0 Å². The molecule has 208 valence electrons. The zero-order valence-corrected chi connectivity index (χ0v) is 25.1. The van der Waals surface area contributed by atoms with E-state index in [0.29, 0.717) is 55.1 Å². The van der Waals surface area contributed by atoms with Crippen molar-refractivity contribution in [3.05, 3.63) is 89.8 Å². The van der Waals surface area contributed by atoms with E-state index in [2.05, 4.69) is 27.9 Å². The van der Waals surface area contributed by atoms with Crippen molar-refractivity contribution < 1.29 is 32.6 Å². The molecule has 3 amide bonds. The molecule has 0 aromatic heterocycles. The van der Waals surface area contributed by atoms with Crippen LogP contribution in [0, 0.1) is 15.2 Å². The van der Waals surface area contributed by atoms with Gasteiger partial charge in [-0.3, -0.25) is 19.3 Å². The second-order valence-electron chi connectivity index (χ2n) is 8.23. The molecule has 0 atom stereocenters. The number of thioether (sulfide) groups is 1. The highest BCUT2D eigenvalue weighted by molar-refractivity contribution is 14.1. The molecule has 13 heteroatoms. The van der Waals surface area contributed by atoms with Gasteiger partial charge < -0.3 is 14.8 Å². The Morgan fingerprint density at radius 2 is 1.88 bits per heavy atom. The minimum Gasteiger partial charge on any atom is -0.490 e. The summed E-state index contributed by atoms with van der Waals surface area (Å²) in [6.07, 6.45) is 1.51. The van der Waals surface area contributed by atoms with Gasteiger partial charge in [-0.05, 0) is 89.3 Å². The monoisotopic (exact) mass is 718 g/mol. The first-order valence-corrected chi connectivity index (χ1v) is 14.2. The summed E-state index contributed by atoms with van der Waals surface area (Å²) in [4.78, 5) is 38.6. The average Bonchev–Trinajstić information content (AvgIpc) is 3.13. The number of amides is 3. The Balaban J connectivity index is 1.50. The molecule has 1 aliphatic rings. The molecular weight excluding hydrogens is 700 g/mol. The van der Waals surface area contributed by atoms with E-state index in [1.165, 1.54) is 6.08 Å². The first kappa shape index (κ1) is 30.1. The number of rotatable bonds is 9. The summed E-state index contributed by atoms with van der Waals surface area (Å²) in [5.74, 6) is -2.39. The zero-order valence-electron chi connectivity index (χ0n) is 20.6. The zero-order chi connectivity index (χ0) is 29.0. The smallest absolute Gasteiger partial charge is 0.294 e. The number of nitrogens with one attached hydrogen (secondary N) is 1. The molecule has 0 bridgehead atoms. The lowest BCUT2D eigenvalue weighted by molar-refractivity contribution is -0.127. The van der Waals surface area contributed by atoms with Gasteiger partial charge in [0.25, 0.3) is 11.1 Å². The predicted molar refractivity (Wildman–Crippen MR) is 159 cm³/mol. The van der Waals surface area contributed by atoms with Gasteiger partial charge in [-0.2, -0.15) is 0 Å². The fourth-order valence-electron chi connectivity index (χ4n) is 3.57. The lowest BCUT2D eigenvalue weighted by Crippen LogP contribution is -2.36. The Hall–Kier alpha value is -2.87. The number of anilines is 1. The topological polar surface area (TPSA) is 84.9 Å². The molecule has 3 aromatic rings. The van der Waals surface area contributed by atoms with E-state index in [1.807, 2.05) is 6.92 Å². The first-order chi connectivity index (χ1) is 19.0. The van der Waals surface area contributed by atoms with Gasteiger partial charge in [0, 0.05) is 21.7 Å². The Labute approximate surface area is 255 Å². The van der Waals surface area contributed by atoms with Crippen molar-refractivity contribution in [3.8, 4) is 11.5 Å². The molecule has 0 unspecified atom stereocenters. The number of nitrogens with zero attached hydrogens (tertiary/aromatic N) is 1. The number of carbonyl (C=O) groups is 3. The summed E-state index contributed by atoms with van der Waals surface area (Å²) < 4.78 is 39.4. The molecule has 0 aliphatic carbocycles. The van der Waals surface area contributed by atoms with E-state index in [9.17, 15) is 23.2 Å². The summed E-state index contributed by atoms with van der Waals surface area (Å²) in [6, 6.07) is 11.1. The largest absolute Gasteiger partial charge is 0.490 e. The molecule has 1 fully saturated rings. The third-order valence-electron chi connectivity index (χ3n) is 5.40. The van der Waals surface area contributed by atoms with E-state index < -0.39 is 35.2 Å². The fourth-order valence-corrected chi connectivity index (χ4v) is 5.66. The Morgan fingerprint density at radius 1 is 1.10 bits per heavy atom. The Morgan fingerprint density at radius 3 is 2.58 bits per heavy atom.